The molecule has 1 N–H and O–H groups in total. The average molecular weight is 375 g/mol. The number of halogens is 3. The van der Waals surface area contributed by atoms with Gasteiger partial charge in [-0.2, -0.15) is 13.2 Å². The van der Waals surface area contributed by atoms with Crippen molar-refractivity contribution in [2.45, 2.75) is 11.7 Å². The number of methoxy groups -OCH3 is 1. The van der Waals surface area contributed by atoms with Crippen molar-refractivity contribution in [2.24, 2.45) is 0 Å². The van der Waals surface area contributed by atoms with Gasteiger partial charge in [0.25, 0.3) is 0 Å². The summed E-state index contributed by atoms with van der Waals surface area (Å²) in [4.78, 5) is 17.7. The Morgan fingerprint density at radius 1 is 1.35 bits per heavy atom. The SMILES string of the molecule is COC(=O)c1cnc(NCC23COCCN2CCOC3)cc1C(F)(F)F. The summed E-state index contributed by atoms with van der Waals surface area (Å²) in [6.07, 6.45) is -3.82. The first-order chi connectivity index (χ1) is 12.4. The number of aromatic nitrogens is 1. The fourth-order valence-electron chi connectivity index (χ4n) is 3.21. The third kappa shape index (κ3) is 3.76. The van der Waals surface area contributed by atoms with Crippen molar-refractivity contribution < 1.29 is 32.2 Å². The minimum Gasteiger partial charge on any atom is -0.465 e. The van der Waals surface area contributed by atoms with E-state index in [1.165, 1.54) is 0 Å². The molecule has 2 aliphatic heterocycles. The van der Waals surface area contributed by atoms with Crippen molar-refractivity contribution >= 4 is 11.8 Å². The van der Waals surface area contributed by atoms with E-state index in [1.54, 1.807) is 0 Å². The lowest BCUT2D eigenvalue weighted by atomic mass is 9.96. The van der Waals surface area contributed by atoms with Gasteiger partial charge in [-0.25, -0.2) is 9.78 Å². The van der Waals surface area contributed by atoms with E-state index in [4.69, 9.17) is 9.47 Å². The molecule has 26 heavy (non-hydrogen) atoms. The highest BCUT2D eigenvalue weighted by Gasteiger charge is 2.42. The number of nitrogens with zero attached hydrogens (tertiary/aromatic N) is 2. The molecule has 0 atom stereocenters. The summed E-state index contributed by atoms with van der Waals surface area (Å²) >= 11 is 0. The number of rotatable bonds is 4. The van der Waals surface area contributed by atoms with E-state index in [2.05, 4.69) is 19.9 Å². The first-order valence-electron chi connectivity index (χ1n) is 8.16. The van der Waals surface area contributed by atoms with Crippen LogP contribution < -0.4 is 5.32 Å². The molecule has 1 aromatic heterocycles. The number of alkyl halides is 3. The van der Waals surface area contributed by atoms with Gasteiger partial charge in [-0.1, -0.05) is 0 Å². The highest BCUT2D eigenvalue weighted by molar-refractivity contribution is 5.91. The van der Waals surface area contributed by atoms with Crippen LogP contribution in [-0.2, 0) is 20.4 Å². The average Bonchev–Trinajstić information content (AvgIpc) is 2.65. The van der Waals surface area contributed by atoms with Crippen LogP contribution >= 0.6 is 0 Å². The summed E-state index contributed by atoms with van der Waals surface area (Å²) in [6.45, 7) is 3.88. The van der Waals surface area contributed by atoms with E-state index >= 15 is 0 Å². The van der Waals surface area contributed by atoms with Gasteiger partial charge in [0.2, 0.25) is 0 Å². The van der Waals surface area contributed by atoms with Crippen molar-refractivity contribution in [3.8, 4) is 0 Å². The van der Waals surface area contributed by atoms with E-state index < -0.39 is 28.8 Å². The van der Waals surface area contributed by atoms with Crippen LogP contribution in [0.1, 0.15) is 15.9 Å². The van der Waals surface area contributed by atoms with Crippen LogP contribution in [0.25, 0.3) is 0 Å². The molecule has 144 valence electrons. The van der Waals surface area contributed by atoms with Gasteiger partial charge < -0.3 is 19.5 Å². The molecule has 0 spiro atoms. The molecule has 0 saturated carbocycles. The number of hydrogen-bond donors (Lipinski definition) is 1. The number of fused-ring (bicyclic) bond motifs is 1. The van der Waals surface area contributed by atoms with Crippen molar-refractivity contribution in [2.75, 3.05) is 58.5 Å². The van der Waals surface area contributed by atoms with E-state index in [-0.39, 0.29) is 5.82 Å². The van der Waals surface area contributed by atoms with Crippen LogP contribution in [0.15, 0.2) is 12.3 Å². The van der Waals surface area contributed by atoms with Crippen molar-refractivity contribution in [3.05, 3.63) is 23.4 Å². The van der Waals surface area contributed by atoms with Gasteiger partial charge in [0.1, 0.15) is 5.82 Å². The quantitative estimate of drug-likeness (QED) is 0.798. The normalized spacial score (nSPS) is 20.3. The molecule has 0 aliphatic carbocycles. The summed E-state index contributed by atoms with van der Waals surface area (Å²) in [5.41, 5.74) is -2.15. The second kappa shape index (κ2) is 7.37. The van der Waals surface area contributed by atoms with Gasteiger partial charge >= 0.3 is 12.1 Å². The molecule has 0 unspecified atom stereocenters. The lowest BCUT2D eigenvalue weighted by molar-refractivity contribution is -0.138. The predicted molar refractivity (Wildman–Crippen MR) is 85.0 cm³/mol. The molecule has 0 radical (unpaired) electrons. The lowest BCUT2D eigenvalue weighted by Gasteiger charge is -2.49. The second-order valence-corrected chi connectivity index (χ2v) is 6.27. The number of hydrogen-bond acceptors (Lipinski definition) is 7. The first-order valence-corrected chi connectivity index (χ1v) is 8.16. The Morgan fingerprint density at radius 3 is 2.58 bits per heavy atom. The number of carbonyl (C=O) groups excluding carboxylic acids is 1. The van der Waals surface area contributed by atoms with Crippen LogP contribution in [0, 0.1) is 0 Å². The van der Waals surface area contributed by atoms with Gasteiger partial charge in [-0.05, 0) is 6.07 Å². The van der Waals surface area contributed by atoms with Gasteiger partial charge in [-0.15, -0.1) is 0 Å². The smallest absolute Gasteiger partial charge is 0.417 e. The summed E-state index contributed by atoms with van der Waals surface area (Å²) < 4.78 is 55.3. The zero-order valence-corrected chi connectivity index (χ0v) is 14.3. The standard InChI is InChI=1S/C16H20F3N3O4/c1-24-14(23)11-7-20-13(6-12(11)16(17,18)19)21-8-15-9-25-4-2-22(15)3-5-26-10-15/h6-7H,2-5,8-10H2,1H3,(H,20,21). The monoisotopic (exact) mass is 375 g/mol. The molecule has 0 aromatic carbocycles. The van der Waals surface area contributed by atoms with E-state index in [1.807, 2.05) is 0 Å². The maximum absolute atomic E-state index is 13.3. The maximum Gasteiger partial charge on any atom is 0.417 e. The third-order valence-corrected chi connectivity index (χ3v) is 4.64. The Kier molecular flexibility index (Phi) is 5.35. The molecule has 1 aromatic rings. The summed E-state index contributed by atoms with van der Waals surface area (Å²) in [7, 11) is 1.02. The fourth-order valence-corrected chi connectivity index (χ4v) is 3.21. The molecule has 0 amide bonds. The number of morpholine rings is 2. The number of ether oxygens (including phenoxy) is 3. The lowest BCUT2D eigenvalue weighted by Crippen LogP contribution is -2.66. The molecule has 2 saturated heterocycles. The molecule has 2 aliphatic rings. The largest absolute Gasteiger partial charge is 0.465 e. The van der Waals surface area contributed by atoms with Gasteiger partial charge in [0, 0.05) is 25.8 Å². The van der Waals surface area contributed by atoms with Crippen molar-refractivity contribution in [1.29, 1.82) is 0 Å². The minimum absolute atomic E-state index is 0.0236. The zero-order valence-electron chi connectivity index (χ0n) is 14.3. The molecular formula is C16H20F3N3O4. The highest BCUT2D eigenvalue weighted by atomic mass is 19.4. The maximum atomic E-state index is 13.3. The first kappa shape index (κ1) is 18.9. The highest BCUT2D eigenvalue weighted by Crippen LogP contribution is 2.33. The third-order valence-electron chi connectivity index (χ3n) is 4.64. The van der Waals surface area contributed by atoms with Gasteiger partial charge in [0.15, 0.2) is 0 Å². The Morgan fingerprint density at radius 2 is 2.00 bits per heavy atom. The Hall–Kier alpha value is -1.91. The van der Waals surface area contributed by atoms with Crippen LogP contribution in [0.5, 0.6) is 0 Å². The molecule has 3 rings (SSSR count). The molecule has 10 heteroatoms. The van der Waals surface area contributed by atoms with Crippen LogP contribution in [0.3, 0.4) is 0 Å². The fraction of sp³-hybridized carbons (Fsp3) is 0.625. The van der Waals surface area contributed by atoms with E-state index in [0.29, 0.717) is 33.0 Å². The van der Waals surface area contributed by atoms with Gasteiger partial charge in [-0.3, -0.25) is 4.90 Å². The topological polar surface area (TPSA) is 72.9 Å². The van der Waals surface area contributed by atoms with Crippen LogP contribution in [0.4, 0.5) is 19.0 Å². The summed E-state index contributed by atoms with van der Waals surface area (Å²) in [5, 5.41) is 2.94. The van der Waals surface area contributed by atoms with Crippen molar-refractivity contribution in [1.82, 2.24) is 9.88 Å². The molecule has 2 fully saturated rings. The second-order valence-electron chi connectivity index (χ2n) is 6.27. The molecule has 3 heterocycles. The Bertz CT molecular complexity index is 657. The zero-order chi connectivity index (χ0) is 18.8. The number of carbonyl (C=O) groups is 1. The predicted octanol–water partition coefficient (Wildman–Crippen LogP) is 1.40. The Labute approximate surface area is 148 Å². The molecule has 0 bridgehead atoms. The number of nitrogens with one attached hydrogen (secondary N) is 1. The number of anilines is 1. The molecule has 7 nitrogen and oxygen atoms in total. The van der Waals surface area contributed by atoms with Crippen LogP contribution in [-0.4, -0.2) is 74.6 Å². The molecular weight excluding hydrogens is 355 g/mol. The van der Waals surface area contributed by atoms with Crippen LogP contribution in [0.2, 0.25) is 0 Å². The Balaban J connectivity index is 1.80. The number of esters is 1. The summed E-state index contributed by atoms with van der Waals surface area (Å²) in [5.74, 6) is -1.06. The number of pyridine rings is 1. The summed E-state index contributed by atoms with van der Waals surface area (Å²) in [6, 6.07) is 0.820. The van der Waals surface area contributed by atoms with E-state index in [9.17, 15) is 18.0 Å². The van der Waals surface area contributed by atoms with Crippen molar-refractivity contribution in [3.63, 3.8) is 0 Å². The van der Waals surface area contributed by atoms with Gasteiger partial charge in [0.05, 0.1) is 50.2 Å². The minimum atomic E-state index is -4.70. The van der Waals surface area contributed by atoms with E-state index in [0.717, 1.165) is 32.5 Å².